The average molecular weight is 298 g/mol. The van der Waals surface area contributed by atoms with E-state index in [2.05, 4.69) is 10.6 Å². The largest absolute Gasteiger partial charge is 0.386 e. The first kappa shape index (κ1) is 14.6. The van der Waals surface area contributed by atoms with Crippen molar-refractivity contribution in [3.05, 3.63) is 30.3 Å². The average Bonchev–Trinajstić information content (AvgIpc) is 2.63. The molecule has 0 atom stereocenters. The molecule has 1 aromatic carbocycles. The quantitative estimate of drug-likeness (QED) is 0.799. The number of carbonyl (C=O) groups is 1. The zero-order chi connectivity index (χ0) is 13.6. The van der Waals surface area contributed by atoms with Crippen LogP contribution < -0.4 is 10.6 Å². The van der Waals surface area contributed by atoms with Crippen LogP contribution in [-0.4, -0.2) is 46.3 Å². The predicted octanol–water partition coefficient (Wildman–Crippen LogP) is 2.02. The second-order valence-corrected chi connectivity index (χ2v) is 6.71. The van der Waals surface area contributed by atoms with E-state index >= 15 is 0 Å². The molecule has 0 spiro atoms. The molecule has 1 aromatic rings. The van der Waals surface area contributed by atoms with Gasteiger partial charge < -0.3 is 15.7 Å². The summed E-state index contributed by atoms with van der Waals surface area (Å²) in [5.41, 5.74) is -0.0588. The number of carbonyl (C=O) groups excluding carboxylic acids is 1. The monoisotopic (exact) mass is 298 g/mol. The van der Waals surface area contributed by atoms with Crippen LogP contribution in [0.25, 0.3) is 0 Å². The summed E-state index contributed by atoms with van der Waals surface area (Å²) in [6.07, 6.45) is 0. The zero-order valence-corrected chi connectivity index (χ0v) is 12.2. The number of amides is 2. The fourth-order valence-electron chi connectivity index (χ4n) is 1.73. The molecule has 2 amide bonds. The highest BCUT2D eigenvalue weighted by atomic mass is 32.2. The topological polar surface area (TPSA) is 61.4 Å². The molecular formula is C13H18N2O2S2. The first-order valence-electron chi connectivity index (χ1n) is 6.16. The van der Waals surface area contributed by atoms with Crippen molar-refractivity contribution in [2.24, 2.45) is 0 Å². The van der Waals surface area contributed by atoms with Crippen molar-refractivity contribution >= 4 is 35.2 Å². The Balaban J connectivity index is 1.79. The van der Waals surface area contributed by atoms with E-state index in [1.807, 2.05) is 30.3 Å². The first-order valence-corrected chi connectivity index (χ1v) is 8.47. The highest BCUT2D eigenvalue weighted by Gasteiger charge is 2.29. The number of para-hydroxylation sites is 1. The summed E-state index contributed by atoms with van der Waals surface area (Å²) in [7, 11) is 0. The first-order chi connectivity index (χ1) is 9.18. The van der Waals surface area contributed by atoms with Gasteiger partial charge in [0.1, 0.15) is 0 Å². The highest BCUT2D eigenvalue weighted by Crippen LogP contribution is 2.24. The van der Waals surface area contributed by atoms with Crippen LogP contribution in [0.1, 0.15) is 0 Å². The number of aliphatic hydroxyl groups is 1. The maximum atomic E-state index is 11.7. The molecule has 0 aromatic heterocycles. The van der Waals surface area contributed by atoms with E-state index in [9.17, 15) is 9.90 Å². The second kappa shape index (κ2) is 7.07. The Morgan fingerprint density at radius 1 is 1.21 bits per heavy atom. The fourth-order valence-corrected chi connectivity index (χ4v) is 4.26. The number of urea groups is 1. The number of benzene rings is 1. The van der Waals surface area contributed by atoms with E-state index in [4.69, 9.17) is 0 Å². The van der Waals surface area contributed by atoms with Gasteiger partial charge in [0.2, 0.25) is 0 Å². The Hall–Kier alpha value is -0.850. The molecule has 104 valence electrons. The van der Waals surface area contributed by atoms with Crippen molar-refractivity contribution in [2.45, 2.75) is 5.60 Å². The Kier molecular flexibility index (Phi) is 5.42. The van der Waals surface area contributed by atoms with Gasteiger partial charge in [0.15, 0.2) is 0 Å². The number of rotatable bonds is 3. The zero-order valence-electron chi connectivity index (χ0n) is 10.6. The summed E-state index contributed by atoms with van der Waals surface area (Å²) < 4.78 is 0. The summed E-state index contributed by atoms with van der Waals surface area (Å²) in [6, 6.07) is 8.99. The van der Waals surface area contributed by atoms with Crippen molar-refractivity contribution in [1.29, 1.82) is 0 Å². The van der Waals surface area contributed by atoms with Gasteiger partial charge in [-0.2, -0.15) is 23.5 Å². The van der Waals surface area contributed by atoms with Gasteiger partial charge in [0.05, 0.1) is 5.60 Å². The summed E-state index contributed by atoms with van der Waals surface area (Å²) in [6.45, 7) is 0.283. The summed E-state index contributed by atoms with van der Waals surface area (Å²) >= 11 is 3.47. The molecule has 2 rings (SSSR count). The van der Waals surface area contributed by atoms with Crippen LogP contribution >= 0.6 is 23.5 Å². The van der Waals surface area contributed by atoms with Crippen molar-refractivity contribution in [3.63, 3.8) is 0 Å². The minimum atomic E-state index is -0.806. The van der Waals surface area contributed by atoms with E-state index in [0.29, 0.717) is 11.5 Å². The van der Waals surface area contributed by atoms with Crippen LogP contribution in [-0.2, 0) is 0 Å². The van der Waals surface area contributed by atoms with Crippen molar-refractivity contribution < 1.29 is 9.90 Å². The number of thioether (sulfide) groups is 2. The van der Waals surface area contributed by atoms with Crippen molar-refractivity contribution in [1.82, 2.24) is 5.32 Å². The normalized spacial score (nSPS) is 18.4. The highest BCUT2D eigenvalue weighted by molar-refractivity contribution is 8.03. The van der Waals surface area contributed by atoms with Crippen molar-refractivity contribution in [3.8, 4) is 0 Å². The SMILES string of the molecule is O=C(NCC1(O)CSCCSC1)Nc1ccccc1. The molecule has 19 heavy (non-hydrogen) atoms. The van der Waals surface area contributed by atoms with E-state index in [1.54, 1.807) is 23.5 Å². The van der Waals surface area contributed by atoms with Crippen LogP contribution in [0, 0.1) is 0 Å². The van der Waals surface area contributed by atoms with Crippen LogP contribution in [0.3, 0.4) is 0 Å². The molecule has 0 bridgehead atoms. The second-order valence-electron chi connectivity index (χ2n) is 4.50. The molecule has 6 heteroatoms. The van der Waals surface area contributed by atoms with Crippen LogP contribution in [0.15, 0.2) is 30.3 Å². The smallest absolute Gasteiger partial charge is 0.319 e. The van der Waals surface area contributed by atoms with Gasteiger partial charge >= 0.3 is 6.03 Å². The third kappa shape index (κ3) is 4.97. The Morgan fingerprint density at radius 3 is 2.47 bits per heavy atom. The molecule has 1 aliphatic rings. The molecule has 1 fully saturated rings. The molecule has 1 heterocycles. The van der Waals surface area contributed by atoms with Crippen LogP contribution in [0.5, 0.6) is 0 Å². The summed E-state index contributed by atoms with van der Waals surface area (Å²) in [5, 5.41) is 15.9. The Morgan fingerprint density at radius 2 is 1.84 bits per heavy atom. The molecule has 0 radical (unpaired) electrons. The Labute approximate surface area is 121 Å². The predicted molar refractivity (Wildman–Crippen MR) is 83.1 cm³/mol. The molecule has 0 saturated carbocycles. The standard InChI is InChI=1S/C13H18N2O2S2/c16-12(15-11-4-2-1-3-5-11)14-8-13(17)9-18-6-7-19-10-13/h1-5,17H,6-10H2,(H2,14,15,16). The number of nitrogens with one attached hydrogen (secondary N) is 2. The van der Waals surface area contributed by atoms with Gasteiger partial charge in [-0.1, -0.05) is 18.2 Å². The lowest BCUT2D eigenvalue weighted by Gasteiger charge is -2.25. The maximum absolute atomic E-state index is 11.7. The van der Waals surface area contributed by atoms with Gasteiger partial charge in [0, 0.05) is 35.2 Å². The van der Waals surface area contributed by atoms with Gasteiger partial charge in [0.25, 0.3) is 0 Å². The third-order valence-electron chi connectivity index (χ3n) is 2.72. The minimum absolute atomic E-state index is 0.279. The maximum Gasteiger partial charge on any atom is 0.319 e. The van der Waals surface area contributed by atoms with Crippen LogP contribution in [0.2, 0.25) is 0 Å². The molecule has 0 aliphatic carbocycles. The number of anilines is 1. The van der Waals surface area contributed by atoms with Crippen LogP contribution in [0.4, 0.5) is 10.5 Å². The fraction of sp³-hybridized carbons (Fsp3) is 0.462. The minimum Gasteiger partial charge on any atom is -0.386 e. The van der Waals surface area contributed by atoms with Gasteiger partial charge in [-0.05, 0) is 12.1 Å². The van der Waals surface area contributed by atoms with Crippen molar-refractivity contribution in [2.75, 3.05) is 34.9 Å². The van der Waals surface area contributed by atoms with E-state index in [-0.39, 0.29) is 12.6 Å². The summed E-state index contributed by atoms with van der Waals surface area (Å²) in [5.74, 6) is 3.46. The molecule has 3 N–H and O–H groups in total. The lowest BCUT2D eigenvalue weighted by Crippen LogP contribution is -2.47. The molecule has 0 unspecified atom stereocenters. The number of hydrogen-bond acceptors (Lipinski definition) is 4. The lowest BCUT2D eigenvalue weighted by atomic mass is 10.1. The number of hydrogen-bond donors (Lipinski definition) is 3. The lowest BCUT2D eigenvalue weighted by molar-refractivity contribution is 0.0928. The van der Waals surface area contributed by atoms with E-state index < -0.39 is 5.60 Å². The third-order valence-corrected chi connectivity index (χ3v) is 5.45. The van der Waals surface area contributed by atoms with Gasteiger partial charge in [-0.25, -0.2) is 4.79 Å². The van der Waals surface area contributed by atoms with Gasteiger partial charge in [-0.3, -0.25) is 0 Å². The molecule has 1 aliphatic heterocycles. The molecular weight excluding hydrogens is 280 g/mol. The molecule has 1 saturated heterocycles. The van der Waals surface area contributed by atoms with E-state index in [1.165, 1.54) is 0 Å². The summed E-state index contributed by atoms with van der Waals surface area (Å²) in [4.78, 5) is 11.7. The molecule has 4 nitrogen and oxygen atoms in total. The van der Waals surface area contributed by atoms with E-state index in [0.717, 1.165) is 17.2 Å². The Bertz CT molecular complexity index is 406. The van der Waals surface area contributed by atoms with Gasteiger partial charge in [-0.15, -0.1) is 0 Å².